The van der Waals surface area contributed by atoms with Gasteiger partial charge in [-0.15, -0.1) is 0 Å². The molecule has 6 rings (SSSR count). The minimum atomic E-state index is -3.22. The quantitative estimate of drug-likeness (QED) is 0.0277. The fourth-order valence-electron chi connectivity index (χ4n) is 7.17. The average molecular weight is 993 g/mol. The number of ether oxygens (including phenoxy) is 3. The number of nitrogens with zero attached hydrogens (tertiary/aromatic N) is 3. The van der Waals surface area contributed by atoms with E-state index in [0.29, 0.717) is 29.4 Å². The van der Waals surface area contributed by atoms with Gasteiger partial charge in [-0.25, -0.2) is 14.7 Å². The molecule has 0 spiro atoms. The van der Waals surface area contributed by atoms with Gasteiger partial charge in [0.1, 0.15) is 48.0 Å². The van der Waals surface area contributed by atoms with E-state index in [9.17, 15) is 54.6 Å². The van der Waals surface area contributed by atoms with Crippen LogP contribution >= 0.6 is 39.5 Å². The monoisotopic (exact) mass is 990 g/mol. The van der Waals surface area contributed by atoms with E-state index in [0.717, 1.165) is 0 Å². The van der Waals surface area contributed by atoms with Gasteiger partial charge >= 0.3 is 13.6 Å². The van der Waals surface area contributed by atoms with Crippen LogP contribution in [0.2, 0.25) is 0 Å². The topological polar surface area (TPSA) is 317 Å². The first-order chi connectivity index (χ1) is 28.4. The predicted octanol–water partition coefficient (Wildman–Crippen LogP) is 1.92. The molecule has 0 amide bonds. The van der Waals surface area contributed by atoms with Crippen LogP contribution < -0.4 is 20.6 Å². The summed E-state index contributed by atoms with van der Waals surface area (Å²) in [5, 5.41) is 71.2. The van der Waals surface area contributed by atoms with Crippen LogP contribution in [0.15, 0.2) is 24.4 Å². The standard InChI is InChI=1S/C27H29NO11.C9H16Br2N5O4P/c1-10-22(31)13(28)6-17(38-10)39-15-8-27(36,16(30)9-29)7-12-19(15)26(35)21-20(24(12)33)23(32)11-4-3-5-14(37-2)18(11)25(21)34;1-15-8(6-12-9(15)16(17)18)7-20-21(19,13-4-2-10)14-5-3-11/h3-5,10,13,15,17,22,29,31,33,35-36H,6-9,28H2,1-2H3;6H,2-5,7H2,1H3,(H2,13,14,19)/t10-,13-,15-,17-,22+,27-;/m0./s1. The van der Waals surface area contributed by atoms with Crippen molar-refractivity contribution in [2.45, 2.75) is 69.0 Å². The van der Waals surface area contributed by atoms with Gasteiger partial charge in [-0.3, -0.25) is 23.5 Å². The number of phenols is 2. The summed E-state index contributed by atoms with van der Waals surface area (Å²) in [4.78, 5) is 53.5. The molecule has 9 N–H and O–H groups in total. The zero-order chi connectivity index (χ0) is 44.3. The molecule has 2 heterocycles. The van der Waals surface area contributed by atoms with E-state index >= 15 is 0 Å². The van der Waals surface area contributed by atoms with Crippen LogP contribution in [0.5, 0.6) is 17.2 Å². The van der Waals surface area contributed by atoms with E-state index in [1.807, 2.05) is 0 Å². The lowest BCUT2D eigenvalue weighted by Gasteiger charge is -2.42. The number of hydrogen-bond acceptors (Lipinski definition) is 17. The van der Waals surface area contributed by atoms with Gasteiger partial charge in [0.15, 0.2) is 17.9 Å². The summed E-state index contributed by atoms with van der Waals surface area (Å²) in [6.07, 6.45) is -3.79. The van der Waals surface area contributed by atoms with Gasteiger partial charge in [0, 0.05) is 65.7 Å². The smallest absolute Gasteiger partial charge is 0.434 e. The summed E-state index contributed by atoms with van der Waals surface area (Å²) in [5.41, 5.74) is 2.84. The van der Waals surface area contributed by atoms with Gasteiger partial charge in [-0.05, 0) is 17.9 Å². The van der Waals surface area contributed by atoms with Crippen LogP contribution in [0.25, 0.3) is 0 Å². The number of fused-ring (bicyclic) bond motifs is 3. The number of nitrogens with two attached hydrogens (primary N) is 1. The Kier molecular flexibility index (Phi) is 15.4. The van der Waals surface area contributed by atoms with Crippen molar-refractivity contribution in [2.24, 2.45) is 12.8 Å². The largest absolute Gasteiger partial charge is 0.507 e. The van der Waals surface area contributed by atoms with E-state index in [2.05, 4.69) is 47.0 Å². The second-order valence-electron chi connectivity index (χ2n) is 14.0. The van der Waals surface area contributed by atoms with Crippen LogP contribution in [0, 0.1) is 10.1 Å². The molecule has 2 aliphatic carbocycles. The van der Waals surface area contributed by atoms with Crippen LogP contribution in [0.3, 0.4) is 0 Å². The first-order valence-corrected chi connectivity index (χ1v) is 22.2. The number of rotatable bonds is 15. The van der Waals surface area contributed by atoms with Crippen molar-refractivity contribution in [2.75, 3.05) is 37.5 Å². The maximum atomic E-state index is 13.6. The summed E-state index contributed by atoms with van der Waals surface area (Å²) in [6, 6.07) is 3.64. The molecule has 6 atom stereocenters. The maximum absolute atomic E-state index is 13.6. The van der Waals surface area contributed by atoms with Crippen LogP contribution in [0.1, 0.15) is 74.5 Å². The molecule has 3 aliphatic rings. The highest BCUT2D eigenvalue weighted by molar-refractivity contribution is 9.09. The molecule has 21 nitrogen and oxygen atoms in total. The molecule has 328 valence electrons. The zero-order valence-corrected chi connectivity index (χ0v) is 36.6. The Bertz CT molecular complexity index is 2170. The van der Waals surface area contributed by atoms with Crippen molar-refractivity contribution in [3.8, 4) is 17.2 Å². The van der Waals surface area contributed by atoms with Crippen molar-refractivity contribution in [1.29, 1.82) is 0 Å². The number of nitro groups is 1. The number of halogens is 2. The molecule has 2 aromatic carbocycles. The van der Waals surface area contributed by atoms with Gasteiger partial charge < -0.3 is 55.6 Å². The highest BCUT2D eigenvalue weighted by Crippen LogP contribution is 2.52. The van der Waals surface area contributed by atoms with Gasteiger partial charge in [0.2, 0.25) is 5.78 Å². The van der Waals surface area contributed by atoms with Crippen molar-refractivity contribution in [3.63, 3.8) is 0 Å². The molecule has 0 radical (unpaired) electrons. The third-order valence-electron chi connectivity index (χ3n) is 10.3. The molecule has 1 saturated heterocycles. The lowest BCUT2D eigenvalue weighted by Crippen LogP contribution is -2.53. The lowest BCUT2D eigenvalue weighted by molar-refractivity contribution is -0.396. The molecule has 60 heavy (non-hydrogen) atoms. The summed E-state index contributed by atoms with van der Waals surface area (Å²) in [7, 11) is -0.394. The summed E-state index contributed by atoms with van der Waals surface area (Å²) < 4.78 is 36.2. The van der Waals surface area contributed by atoms with E-state index in [4.69, 9.17) is 24.5 Å². The van der Waals surface area contributed by atoms with E-state index < -0.39 is 108 Å². The molecule has 3 aromatic rings. The summed E-state index contributed by atoms with van der Waals surface area (Å²) in [6.45, 7) is 1.42. The number of aromatic hydroxyl groups is 2. The Morgan fingerprint density at radius 2 is 1.80 bits per heavy atom. The number of ketones is 3. The third kappa shape index (κ3) is 9.52. The number of alkyl halides is 2. The Balaban J connectivity index is 0.000000276. The minimum Gasteiger partial charge on any atom is -0.507 e. The predicted molar refractivity (Wildman–Crippen MR) is 218 cm³/mol. The Morgan fingerprint density at radius 1 is 1.15 bits per heavy atom. The van der Waals surface area contributed by atoms with Crippen molar-refractivity contribution >= 4 is 62.8 Å². The van der Waals surface area contributed by atoms with Crippen molar-refractivity contribution in [3.05, 3.63) is 73.6 Å². The third-order valence-corrected chi connectivity index (χ3v) is 12.8. The minimum absolute atomic E-state index is 0.0173. The number of carbonyl (C=O) groups is 3. The molecular formula is C36H45Br2N6O15P. The number of imidazole rings is 1. The SMILES string of the molecule is COc1cccc2c1C(=O)c1c(O)c3c(c(O)c1C2=O)C[C@@](O)(C(=O)CO)C[C@@H]3O[C@H]1C[C@H](N)[C@H](O)[C@H](C)O1.Cn1c(COP(=O)(NCCBr)NCCBr)cnc1[N+](=O)[O-]. The average Bonchev–Trinajstić information content (AvgIpc) is 3.60. The van der Waals surface area contributed by atoms with E-state index in [1.54, 1.807) is 6.92 Å². The Morgan fingerprint density at radius 3 is 2.37 bits per heavy atom. The van der Waals surface area contributed by atoms with Gasteiger partial charge in [-0.2, -0.15) is 0 Å². The number of phenolic OH excluding ortho intramolecular Hbond substituents is 2. The van der Waals surface area contributed by atoms with Gasteiger partial charge in [-0.1, -0.05) is 49.0 Å². The van der Waals surface area contributed by atoms with Gasteiger partial charge in [0.25, 0.3) is 0 Å². The van der Waals surface area contributed by atoms with Crippen molar-refractivity contribution in [1.82, 2.24) is 19.7 Å². The summed E-state index contributed by atoms with van der Waals surface area (Å²) in [5.74, 6) is -4.06. The van der Waals surface area contributed by atoms with Crippen molar-refractivity contribution < 1.29 is 68.1 Å². The molecular weight excluding hydrogens is 947 g/mol. The number of carbonyl (C=O) groups excluding carboxylic acids is 3. The number of benzene rings is 2. The fourth-order valence-corrected chi connectivity index (χ4v) is 9.60. The van der Waals surface area contributed by atoms with Crippen LogP contribution in [0.4, 0.5) is 5.95 Å². The van der Waals surface area contributed by atoms with E-state index in [1.165, 1.54) is 43.1 Å². The highest BCUT2D eigenvalue weighted by atomic mass is 79.9. The molecule has 0 bridgehead atoms. The number of aliphatic hydroxyl groups is 3. The zero-order valence-electron chi connectivity index (χ0n) is 32.5. The second kappa shape index (κ2) is 19.6. The Hall–Kier alpha value is -3.71. The molecule has 1 aromatic heterocycles. The number of hydrogen-bond donors (Lipinski definition) is 8. The number of aromatic nitrogens is 2. The molecule has 0 unspecified atom stereocenters. The molecule has 1 fully saturated rings. The molecule has 24 heteroatoms. The Labute approximate surface area is 359 Å². The number of aliphatic hydroxyl groups excluding tert-OH is 2. The molecule has 0 saturated carbocycles. The molecule has 1 aliphatic heterocycles. The summed E-state index contributed by atoms with van der Waals surface area (Å²) >= 11 is 6.46. The number of Topliss-reactive ketones (excluding diaryl/α,β-unsaturated/α-hetero) is 1. The first-order valence-electron chi connectivity index (χ1n) is 18.4. The fraction of sp³-hybridized carbons (Fsp3) is 0.500. The number of methoxy groups -OCH3 is 1. The van der Waals surface area contributed by atoms with Crippen LogP contribution in [-0.4, -0.2) is 125 Å². The first kappa shape index (κ1) is 47.3. The van der Waals surface area contributed by atoms with Crippen LogP contribution in [-0.2, 0) is 43.4 Å². The normalized spacial score (nSPS) is 23.5. The van der Waals surface area contributed by atoms with Gasteiger partial charge in [0.05, 0.1) is 49.2 Å². The lowest BCUT2D eigenvalue weighted by atomic mass is 9.72. The second-order valence-corrected chi connectivity index (χ2v) is 17.6. The highest BCUT2D eigenvalue weighted by Gasteiger charge is 2.50. The number of nitrogens with one attached hydrogen (secondary N) is 2. The maximum Gasteiger partial charge on any atom is 0.434 e. The van der Waals surface area contributed by atoms with E-state index in [-0.39, 0.29) is 47.0 Å².